The molecule has 1 unspecified atom stereocenters. The molecule has 5 N–H and O–H groups in total. The van der Waals surface area contributed by atoms with Crippen molar-refractivity contribution in [3.63, 3.8) is 0 Å². The Bertz CT molecular complexity index is 1060. The molecule has 1 saturated heterocycles. The van der Waals surface area contributed by atoms with E-state index in [1.807, 2.05) is 31.2 Å². The number of carbonyl (C=O) groups is 1. The zero-order chi connectivity index (χ0) is 22.7. The normalized spacial score (nSPS) is 18.9. The van der Waals surface area contributed by atoms with Crippen molar-refractivity contribution in [1.29, 1.82) is 0 Å². The molecule has 0 bridgehead atoms. The summed E-state index contributed by atoms with van der Waals surface area (Å²) in [4.78, 5) is 23.4. The topological polar surface area (TPSA) is 125 Å². The lowest BCUT2D eigenvalue weighted by atomic mass is 10.0. The van der Waals surface area contributed by atoms with E-state index in [1.165, 1.54) is 6.26 Å². The number of amides is 1. The van der Waals surface area contributed by atoms with Crippen LogP contribution in [0.2, 0.25) is 0 Å². The van der Waals surface area contributed by atoms with Crippen LogP contribution < -0.4 is 21.3 Å². The number of hydrogen-bond acceptors (Lipinski definition) is 8. The van der Waals surface area contributed by atoms with Crippen molar-refractivity contribution in [2.75, 3.05) is 36.1 Å². The van der Waals surface area contributed by atoms with Crippen molar-refractivity contribution in [2.45, 2.75) is 32.1 Å². The Morgan fingerprint density at radius 2 is 2.16 bits per heavy atom. The van der Waals surface area contributed by atoms with E-state index in [1.54, 1.807) is 19.5 Å². The number of nitrogens with one attached hydrogen (secondary N) is 2. The highest BCUT2D eigenvalue weighted by molar-refractivity contribution is 6.06. The number of anilines is 3. The first-order valence-corrected chi connectivity index (χ1v) is 10.6. The van der Waals surface area contributed by atoms with Gasteiger partial charge < -0.3 is 31.1 Å². The molecule has 4 rings (SSSR count). The molecule has 168 valence electrons. The third-order valence-electron chi connectivity index (χ3n) is 5.60. The van der Waals surface area contributed by atoms with Gasteiger partial charge in [-0.15, -0.1) is 0 Å². The van der Waals surface area contributed by atoms with Gasteiger partial charge >= 0.3 is 0 Å². The smallest absolute Gasteiger partial charge is 0.275 e. The Hall–Kier alpha value is -3.59. The number of aliphatic hydroxyl groups is 1. The number of ether oxygens (including phenoxy) is 1. The van der Waals surface area contributed by atoms with Crippen LogP contribution in [0.5, 0.6) is 0 Å². The maximum absolute atomic E-state index is 13.0. The summed E-state index contributed by atoms with van der Waals surface area (Å²) in [7, 11) is 1.67. The lowest BCUT2D eigenvalue weighted by Crippen LogP contribution is -2.36. The fraction of sp³-hybridized carbons (Fsp3) is 0.348. The molecule has 1 fully saturated rings. The number of nitrogen functional groups attached to an aromatic ring is 1. The fourth-order valence-electron chi connectivity index (χ4n) is 3.89. The van der Waals surface area contributed by atoms with Crippen LogP contribution in [0, 0.1) is 6.92 Å². The van der Waals surface area contributed by atoms with Crippen LogP contribution in [-0.2, 0) is 9.53 Å². The SMILES string of the molecule is CN=Cc1cc(NC(=O)C2=COC(c3ccnc(C)c3)N2)c(N2CCC(O)CC2)cc1N. The number of aliphatic imine (C=N–C) groups is 1. The van der Waals surface area contributed by atoms with Crippen molar-refractivity contribution in [1.82, 2.24) is 10.3 Å². The van der Waals surface area contributed by atoms with Crippen LogP contribution in [-0.4, -0.2) is 48.5 Å². The summed E-state index contributed by atoms with van der Waals surface area (Å²) >= 11 is 0. The van der Waals surface area contributed by atoms with Gasteiger partial charge in [-0.2, -0.15) is 0 Å². The van der Waals surface area contributed by atoms with Gasteiger partial charge in [0.15, 0.2) is 6.23 Å². The van der Waals surface area contributed by atoms with Crippen molar-refractivity contribution >= 4 is 29.2 Å². The number of aromatic nitrogens is 1. The number of nitrogens with zero attached hydrogens (tertiary/aromatic N) is 3. The quantitative estimate of drug-likeness (QED) is 0.418. The second-order valence-electron chi connectivity index (χ2n) is 7.98. The average molecular weight is 437 g/mol. The van der Waals surface area contributed by atoms with Crippen LogP contribution in [0.15, 0.2) is 47.4 Å². The highest BCUT2D eigenvalue weighted by Gasteiger charge is 2.26. The highest BCUT2D eigenvalue weighted by Crippen LogP contribution is 2.33. The first-order chi connectivity index (χ1) is 15.4. The van der Waals surface area contributed by atoms with Gasteiger partial charge in [-0.3, -0.25) is 14.8 Å². The molecule has 9 heteroatoms. The van der Waals surface area contributed by atoms with Crippen LogP contribution in [0.3, 0.4) is 0 Å². The van der Waals surface area contributed by atoms with Gasteiger partial charge in [0.25, 0.3) is 5.91 Å². The third-order valence-corrected chi connectivity index (χ3v) is 5.60. The van der Waals surface area contributed by atoms with Gasteiger partial charge in [-0.1, -0.05) is 0 Å². The number of aliphatic hydroxyl groups excluding tert-OH is 1. The van der Waals surface area contributed by atoms with Crippen molar-refractivity contribution in [2.24, 2.45) is 4.99 Å². The van der Waals surface area contributed by atoms with E-state index in [9.17, 15) is 9.90 Å². The van der Waals surface area contributed by atoms with E-state index in [2.05, 4.69) is 25.5 Å². The minimum Gasteiger partial charge on any atom is -0.472 e. The molecule has 1 amide bonds. The molecule has 3 heterocycles. The number of carbonyl (C=O) groups excluding carboxylic acids is 1. The van der Waals surface area contributed by atoms with Gasteiger partial charge in [-0.05, 0) is 44.0 Å². The van der Waals surface area contributed by atoms with Crippen LogP contribution in [0.1, 0.15) is 35.9 Å². The van der Waals surface area contributed by atoms with Gasteiger partial charge in [-0.25, -0.2) is 0 Å². The summed E-state index contributed by atoms with van der Waals surface area (Å²) in [5.74, 6) is -0.319. The molecular weight excluding hydrogens is 408 g/mol. The average Bonchev–Trinajstić information content (AvgIpc) is 3.27. The van der Waals surface area contributed by atoms with Crippen LogP contribution in [0.25, 0.3) is 0 Å². The summed E-state index contributed by atoms with van der Waals surface area (Å²) in [6, 6.07) is 7.42. The summed E-state index contributed by atoms with van der Waals surface area (Å²) in [5.41, 5.74) is 11.0. The fourth-order valence-corrected chi connectivity index (χ4v) is 3.89. The number of aryl methyl sites for hydroxylation is 1. The standard InChI is InChI=1S/C23H28N6O3/c1-14-9-15(3-6-26-14)23-28-20(13-32-23)22(31)27-19-10-16(12-25-2)18(24)11-21(19)29-7-4-17(30)5-8-29/h3,6,9-13,17,23,28,30H,4-5,7-8,24H2,1-2H3,(H,27,31). The summed E-state index contributed by atoms with van der Waals surface area (Å²) in [6.07, 6.45) is 5.38. The lowest BCUT2D eigenvalue weighted by Gasteiger charge is -2.33. The van der Waals surface area contributed by atoms with Gasteiger partial charge in [0.2, 0.25) is 0 Å². The van der Waals surface area contributed by atoms with Gasteiger partial charge in [0.05, 0.1) is 17.5 Å². The molecule has 9 nitrogen and oxygen atoms in total. The first-order valence-electron chi connectivity index (χ1n) is 10.6. The summed E-state index contributed by atoms with van der Waals surface area (Å²) in [6.45, 7) is 3.26. The number of pyridine rings is 1. The number of benzene rings is 1. The second kappa shape index (κ2) is 9.27. The minimum absolute atomic E-state index is 0.299. The second-order valence-corrected chi connectivity index (χ2v) is 7.98. The summed E-state index contributed by atoms with van der Waals surface area (Å²) < 4.78 is 5.66. The molecule has 1 aromatic carbocycles. The van der Waals surface area contributed by atoms with Crippen LogP contribution >= 0.6 is 0 Å². The van der Waals surface area contributed by atoms with Crippen LogP contribution in [0.4, 0.5) is 17.1 Å². The third kappa shape index (κ3) is 4.67. The Kier molecular flexibility index (Phi) is 6.27. The number of hydrogen-bond donors (Lipinski definition) is 4. The number of rotatable bonds is 5. The van der Waals surface area contributed by atoms with E-state index in [0.29, 0.717) is 43.0 Å². The molecule has 2 aliphatic rings. The molecule has 0 aliphatic carbocycles. The molecule has 2 aliphatic heterocycles. The largest absolute Gasteiger partial charge is 0.472 e. The Morgan fingerprint density at radius 1 is 1.38 bits per heavy atom. The van der Waals surface area contributed by atoms with Crippen molar-refractivity contribution in [3.05, 3.63) is 59.2 Å². The van der Waals surface area contributed by atoms with E-state index < -0.39 is 6.23 Å². The van der Waals surface area contributed by atoms with Gasteiger partial charge in [0, 0.05) is 55.1 Å². The predicted octanol–water partition coefficient (Wildman–Crippen LogP) is 2.08. The predicted molar refractivity (Wildman–Crippen MR) is 124 cm³/mol. The molecule has 1 atom stereocenters. The molecular formula is C23H28N6O3. The van der Waals surface area contributed by atoms with E-state index in [0.717, 1.165) is 22.5 Å². The van der Waals surface area contributed by atoms with E-state index >= 15 is 0 Å². The Labute approximate surface area is 187 Å². The van der Waals surface area contributed by atoms with E-state index in [-0.39, 0.29) is 12.0 Å². The molecule has 0 spiro atoms. The number of nitrogens with two attached hydrogens (primary N) is 1. The first kappa shape index (κ1) is 21.6. The zero-order valence-electron chi connectivity index (χ0n) is 18.2. The lowest BCUT2D eigenvalue weighted by molar-refractivity contribution is -0.113. The number of piperidine rings is 1. The van der Waals surface area contributed by atoms with Gasteiger partial charge in [0.1, 0.15) is 12.0 Å². The molecule has 32 heavy (non-hydrogen) atoms. The summed E-state index contributed by atoms with van der Waals surface area (Å²) in [5, 5.41) is 16.0. The molecule has 2 aromatic rings. The molecule has 0 saturated carbocycles. The maximum Gasteiger partial charge on any atom is 0.275 e. The molecule has 1 aromatic heterocycles. The Balaban J connectivity index is 1.54. The monoisotopic (exact) mass is 436 g/mol. The van der Waals surface area contributed by atoms with Crippen molar-refractivity contribution < 1.29 is 14.6 Å². The zero-order valence-corrected chi connectivity index (χ0v) is 18.2. The van der Waals surface area contributed by atoms with E-state index in [4.69, 9.17) is 10.5 Å². The van der Waals surface area contributed by atoms with Crippen molar-refractivity contribution in [3.8, 4) is 0 Å². The minimum atomic E-state index is -0.449. The highest BCUT2D eigenvalue weighted by atomic mass is 16.5. The Morgan fingerprint density at radius 3 is 2.88 bits per heavy atom. The molecule has 0 radical (unpaired) electrons. The maximum atomic E-state index is 13.0.